The average Bonchev–Trinajstić information content (AvgIpc) is 3.16. The van der Waals surface area contributed by atoms with Crippen LogP contribution in [0.3, 0.4) is 0 Å². The Morgan fingerprint density at radius 1 is 1.00 bits per heavy atom. The zero-order chi connectivity index (χ0) is 27.6. The first kappa shape index (κ1) is 29.6. The van der Waals surface area contributed by atoms with Crippen LogP contribution in [0.15, 0.2) is 0 Å². The SMILES string of the molecule is CC[C@H]1C(O[Si](C)(C)C(C)(C)C)C2C(CC[C@@]3(C)C2CC[C@@H]3[C@H](C)CC(=O)OC)[C@@]2(C)CC[C@@H](C)CC12. The lowest BCUT2D eigenvalue weighted by molar-refractivity contribution is -0.194. The normalized spacial score (nSPS) is 44.9. The summed E-state index contributed by atoms with van der Waals surface area (Å²) >= 11 is 0. The van der Waals surface area contributed by atoms with Gasteiger partial charge in [0.25, 0.3) is 0 Å². The summed E-state index contributed by atoms with van der Waals surface area (Å²) in [6.07, 6.45) is 11.7. The summed E-state index contributed by atoms with van der Waals surface area (Å²) in [6, 6.07) is 0. The van der Waals surface area contributed by atoms with Gasteiger partial charge in [0.05, 0.1) is 13.2 Å². The van der Waals surface area contributed by atoms with Crippen molar-refractivity contribution in [1.29, 1.82) is 0 Å². The van der Waals surface area contributed by atoms with Crippen molar-refractivity contribution in [1.82, 2.24) is 0 Å². The maximum Gasteiger partial charge on any atom is 0.305 e. The maximum atomic E-state index is 12.2. The van der Waals surface area contributed by atoms with Crippen LogP contribution in [0, 0.1) is 58.2 Å². The average molecular weight is 533 g/mol. The number of carbonyl (C=O) groups excluding carboxylic acids is 1. The molecular weight excluding hydrogens is 472 g/mol. The van der Waals surface area contributed by atoms with E-state index in [4.69, 9.17) is 9.16 Å². The number of hydrogen-bond donors (Lipinski definition) is 0. The van der Waals surface area contributed by atoms with E-state index in [9.17, 15) is 4.79 Å². The van der Waals surface area contributed by atoms with Crippen LogP contribution in [-0.2, 0) is 14.0 Å². The van der Waals surface area contributed by atoms with Crippen LogP contribution in [0.1, 0.15) is 113 Å². The summed E-state index contributed by atoms with van der Waals surface area (Å²) in [5.74, 6) is 5.47. The van der Waals surface area contributed by atoms with Crippen LogP contribution >= 0.6 is 0 Å². The Bertz CT molecular complexity index is 832. The second-order valence-electron chi connectivity index (χ2n) is 16.2. The Labute approximate surface area is 230 Å². The summed E-state index contributed by atoms with van der Waals surface area (Å²) in [4.78, 5) is 12.2. The zero-order valence-corrected chi connectivity index (χ0v) is 27.3. The predicted octanol–water partition coefficient (Wildman–Crippen LogP) is 9.12. The van der Waals surface area contributed by atoms with E-state index in [-0.39, 0.29) is 11.0 Å². The van der Waals surface area contributed by atoms with E-state index in [0.717, 1.165) is 23.7 Å². The lowest BCUT2D eigenvalue weighted by Gasteiger charge is -2.66. The van der Waals surface area contributed by atoms with Crippen molar-refractivity contribution in [3.8, 4) is 0 Å². The van der Waals surface area contributed by atoms with Gasteiger partial charge in [0.2, 0.25) is 0 Å². The highest BCUT2D eigenvalue weighted by molar-refractivity contribution is 6.74. The molecule has 0 radical (unpaired) electrons. The maximum absolute atomic E-state index is 12.2. The van der Waals surface area contributed by atoms with Gasteiger partial charge in [-0.1, -0.05) is 68.2 Å². The molecule has 0 aromatic heterocycles. The summed E-state index contributed by atoms with van der Waals surface area (Å²) < 4.78 is 12.7. The van der Waals surface area contributed by atoms with Crippen molar-refractivity contribution >= 4 is 14.3 Å². The Morgan fingerprint density at radius 3 is 2.22 bits per heavy atom. The summed E-state index contributed by atoms with van der Waals surface area (Å²) in [7, 11) is -0.381. The van der Waals surface area contributed by atoms with Gasteiger partial charge >= 0.3 is 5.97 Å². The van der Waals surface area contributed by atoms with Gasteiger partial charge in [0.1, 0.15) is 0 Å². The van der Waals surface area contributed by atoms with E-state index in [1.807, 2.05) is 0 Å². The van der Waals surface area contributed by atoms with E-state index >= 15 is 0 Å². The first-order valence-corrected chi connectivity index (χ1v) is 18.8. The van der Waals surface area contributed by atoms with Gasteiger partial charge < -0.3 is 9.16 Å². The third-order valence-corrected chi connectivity index (χ3v) is 17.8. The number of esters is 1. The van der Waals surface area contributed by atoms with Crippen molar-refractivity contribution in [3.05, 3.63) is 0 Å². The number of fused-ring (bicyclic) bond motifs is 5. The molecule has 0 aromatic carbocycles. The van der Waals surface area contributed by atoms with Gasteiger partial charge in [-0.15, -0.1) is 0 Å². The number of hydrogen-bond acceptors (Lipinski definition) is 3. The van der Waals surface area contributed by atoms with E-state index in [1.54, 1.807) is 0 Å². The van der Waals surface area contributed by atoms with Crippen LogP contribution in [0.5, 0.6) is 0 Å². The minimum Gasteiger partial charge on any atom is -0.469 e. The summed E-state index contributed by atoms with van der Waals surface area (Å²) in [6.45, 7) is 24.8. The molecule has 0 spiro atoms. The van der Waals surface area contributed by atoms with E-state index < -0.39 is 8.32 Å². The standard InChI is InChI=1S/C33H60O3Si/c1-12-23-27-19-21(2)15-17-33(27,8)26-16-18-32(7)24(22(3)20-28(34)35-9)13-14-25(32)29(26)30(23)36-37(10,11)31(4,5)6/h21-27,29-30H,12-20H2,1-11H3/t21-,22-,23-,24-,25?,26?,27?,29?,30?,32-,33-/m1/s1. The molecule has 4 saturated carbocycles. The van der Waals surface area contributed by atoms with Crippen LogP contribution < -0.4 is 0 Å². The van der Waals surface area contributed by atoms with Crippen LogP contribution in [0.25, 0.3) is 0 Å². The van der Waals surface area contributed by atoms with E-state index in [0.29, 0.717) is 47.0 Å². The van der Waals surface area contributed by atoms with Gasteiger partial charge in [0.15, 0.2) is 8.32 Å². The molecule has 37 heavy (non-hydrogen) atoms. The molecule has 0 N–H and O–H groups in total. The third kappa shape index (κ3) is 4.91. The fraction of sp³-hybridized carbons (Fsp3) is 0.970. The molecule has 0 bridgehead atoms. The molecule has 0 heterocycles. The fourth-order valence-corrected chi connectivity index (χ4v) is 11.7. The topological polar surface area (TPSA) is 35.5 Å². The molecule has 214 valence electrons. The number of carbonyl (C=O) groups is 1. The fourth-order valence-electron chi connectivity index (χ4n) is 10.3. The first-order chi connectivity index (χ1) is 17.1. The predicted molar refractivity (Wildman–Crippen MR) is 157 cm³/mol. The number of rotatable bonds is 6. The molecule has 4 aliphatic rings. The molecule has 5 unspecified atom stereocenters. The molecule has 4 rings (SSSR count). The lowest BCUT2D eigenvalue weighted by Crippen LogP contribution is -2.64. The van der Waals surface area contributed by atoms with E-state index in [2.05, 4.69) is 68.5 Å². The molecule has 4 aliphatic carbocycles. The highest BCUT2D eigenvalue weighted by Gasteiger charge is 2.66. The van der Waals surface area contributed by atoms with Crippen molar-refractivity contribution in [2.75, 3.05) is 7.11 Å². The number of methoxy groups -OCH3 is 1. The molecule has 0 aliphatic heterocycles. The summed E-state index contributed by atoms with van der Waals surface area (Å²) in [5, 5.41) is 0.229. The second-order valence-corrected chi connectivity index (χ2v) is 20.9. The third-order valence-electron chi connectivity index (χ3n) is 13.4. The lowest BCUT2D eigenvalue weighted by atomic mass is 9.41. The monoisotopic (exact) mass is 532 g/mol. The van der Waals surface area contributed by atoms with Crippen molar-refractivity contribution < 1.29 is 14.0 Å². The minimum absolute atomic E-state index is 0.0391. The number of ether oxygens (including phenoxy) is 1. The Kier molecular flexibility index (Phi) is 8.20. The molecule has 3 nitrogen and oxygen atoms in total. The molecule has 4 heteroatoms. The van der Waals surface area contributed by atoms with Crippen LogP contribution in [0.2, 0.25) is 18.1 Å². The Hall–Kier alpha value is -0.353. The molecule has 11 atom stereocenters. The van der Waals surface area contributed by atoms with Crippen molar-refractivity contribution in [3.63, 3.8) is 0 Å². The van der Waals surface area contributed by atoms with Gasteiger partial charge in [-0.05, 0) is 115 Å². The Balaban J connectivity index is 1.75. The van der Waals surface area contributed by atoms with Gasteiger partial charge in [-0.3, -0.25) is 4.79 Å². The van der Waals surface area contributed by atoms with Crippen molar-refractivity contribution in [2.45, 2.75) is 137 Å². The molecule has 0 amide bonds. The second kappa shape index (κ2) is 10.2. The first-order valence-electron chi connectivity index (χ1n) is 15.8. The largest absolute Gasteiger partial charge is 0.469 e. The quantitative estimate of drug-likeness (QED) is 0.253. The van der Waals surface area contributed by atoms with Crippen LogP contribution in [-0.4, -0.2) is 27.5 Å². The Morgan fingerprint density at radius 2 is 1.62 bits per heavy atom. The van der Waals surface area contributed by atoms with Gasteiger partial charge in [-0.2, -0.15) is 0 Å². The summed E-state index contributed by atoms with van der Waals surface area (Å²) in [5.41, 5.74) is 0.773. The zero-order valence-electron chi connectivity index (χ0n) is 26.3. The van der Waals surface area contributed by atoms with E-state index in [1.165, 1.54) is 58.5 Å². The van der Waals surface area contributed by atoms with Crippen LogP contribution in [0.4, 0.5) is 0 Å². The molecular formula is C33H60O3Si. The smallest absolute Gasteiger partial charge is 0.305 e. The van der Waals surface area contributed by atoms with Gasteiger partial charge in [-0.25, -0.2) is 0 Å². The molecule has 4 fully saturated rings. The minimum atomic E-state index is -1.92. The van der Waals surface area contributed by atoms with Gasteiger partial charge in [0, 0.05) is 6.42 Å². The highest BCUT2D eigenvalue weighted by atomic mass is 28.4. The highest BCUT2D eigenvalue weighted by Crippen LogP contribution is 2.70. The molecule has 0 saturated heterocycles. The molecule has 0 aromatic rings. The van der Waals surface area contributed by atoms with Crippen molar-refractivity contribution in [2.24, 2.45) is 58.2 Å².